The van der Waals surface area contributed by atoms with Crippen LogP contribution >= 0.6 is 24.0 Å². The van der Waals surface area contributed by atoms with E-state index in [1.165, 1.54) is 0 Å². The highest BCUT2D eigenvalue weighted by Crippen LogP contribution is 2.20. The molecule has 0 unspecified atom stereocenters. The molecule has 0 saturated carbocycles. The smallest absolute Gasteiger partial charge is 0.241 e. The molecule has 0 aliphatic heterocycles. The van der Waals surface area contributed by atoms with Gasteiger partial charge in [-0.25, -0.2) is 13.1 Å². The van der Waals surface area contributed by atoms with Crippen molar-refractivity contribution in [1.82, 2.24) is 15.4 Å². The molecule has 0 heterocycles. The highest BCUT2D eigenvalue weighted by Gasteiger charge is 2.24. The van der Waals surface area contributed by atoms with Crippen LogP contribution in [0.2, 0.25) is 0 Å². The first-order valence-corrected chi connectivity index (χ1v) is 11.8. The number of guanidine groups is 1. The number of aryl methyl sites for hydroxylation is 1. The van der Waals surface area contributed by atoms with Crippen molar-refractivity contribution in [2.75, 3.05) is 13.7 Å². The molecule has 2 aromatic carbocycles. The molecule has 178 valence electrons. The van der Waals surface area contributed by atoms with Crippen LogP contribution in [0.25, 0.3) is 0 Å². The van der Waals surface area contributed by atoms with Crippen LogP contribution in [0, 0.1) is 6.92 Å². The van der Waals surface area contributed by atoms with Crippen molar-refractivity contribution in [1.29, 1.82) is 0 Å². The summed E-state index contributed by atoms with van der Waals surface area (Å²) in [6.07, 6.45) is 0. The molecule has 0 bridgehead atoms. The van der Waals surface area contributed by atoms with Gasteiger partial charge in [0.25, 0.3) is 0 Å². The standard InChI is InChI=1S/C23H34N4O3S.HI/c1-7-30-20-14-17(2)12-13-18(20)15-25-22(24-6)26-16-19-10-8-9-11-21(19)31(28,29)27-23(3,4)5;/h8-14,27H,7,15-16H2,1-6H3,(H2,24,25,26);1H. The van der Waals surface area contributed by atoms with Crippen molar-refractivity contribution in [3.63, 3.8) is 0 Å². The minimum Gasteiger partial charge on any atom is -0.494 e. The number of aliphatic imine (C=N–C) groups is 1. The topological polar surface area (TPSA) is 91.8 Å². The Morgan fingerprint density at radius 1 is 1.03 bits per heavy atom. The van der Waals surface area contributed by atoms with E-state index in [0.29, 0.717) is 31.2 Å². The second-order valence-electron chi connectivity index (χ2n) is 8.29. The van der Waals surface area contributed by atoms with Crippen molar-refractivity contribution < 1.29 is 13.2 Å². The molecule has 9 heteroatoms. The first-order valence-electron chi connectivity index (χ1n) is 10.3. The Morgan fingerprint density at radius 3 is 2.25 bits per heavy atom. The number of nitrogens with zero attached hydrogens (tertiary/aromatic N) is 1. The van der Waals surface area contributed by atoms with Gasteiger partial charge >= 0.3 is 0 Å². The number of halogens is 1. The predicted molar refractivity (Wildman–Crippen MR) is 141 cm³/mol. The second kappa shape index (κ2) is 12.4. The van der Waals surface area contributed by atoms with E-state index < -0.39 is 15.6 Å². The van der Waals surface area contributed by atoms with Crippen LogP contribution in [-0.4, -0.2) is 33.6 Å². The summed E-state index contributed by atoms with van der Waals surface area (Å²) in [5.74, 6) is 1.41. The number of benzene rings is 2. The second-order valence-corrected chi connectivity index (χ2v) is 9.94. The fourth-order valence-electron chi connectivity index (χ4n) is 3.05. The minimum atomic E-state index is -3.64. The molecule has 2 aromatic rings. The molecule has 0 aliphatic carbocycles. The summed E-state index contributed by atoms with van der Waals surface area (Å²) in [5, 5.41) is 6.46. The average molecular weight is 575 g/mol. The van der Waals surface area contributed by atoms with E-state index in [2.05, 4.69) is 20.3 Å². The van der Waals surface area contributed by atoms with Gasteiger partial charge < -0.3 is 15.4 Å². The van der Waals surface area contributed by atoms with Crippen LogP contribution in [0.1, 0.15) is 44.4 Å². The van der Waals surface area contributed by atoms with Crippen molar-refractivity contribution in [2.45, 2.75) is 58.1 Å². The van der Waals surface area contributed by atoms with Gasteiger partial charge in [0.15, 0.2) is 5.96 Å². The molecule has 0 amide bonds. The summed E-state index contributed by atoms with van der Waals surface area (Å²) in [5.41, 5.74) is 2.25. The Hall–Kier alpha value is -1.85. The quantitative estimate of drug-likeness (QED) is 0.252. The zero-order valence-electron chi connectivity index (χ0n) is 19.7. The summed E-state index contributed by atoms with van der Waals surface area (Å²) in [4.78, 5) is 4.51. The van der Waals surface area contributed by atoms with E-state index in [0.717, 1.165) is 16.9 Å². The minimum absolute atomic E-state index is 0. The summed E-state index contributed by atoms with van der Waals surface area (Å²) in [7, 11) is -1.96. The first kappa shape index (κ1) is 28.2. The van der Waals surface area contributed by atoms with Crippen molar-refractivity contribution >= 4 is 40.0 Å². The van der Waals surface area contributed by atoms with E-state index in [1.807, 2.05) is 58.9 Å². The lowest BCUT2D eigenvalue weighted by atomic mass is 10.1. The monoisotopic (exact) mass is 574 g/mol. The third-order valence-electron chi connectivity index (χ3n) is 4.34. The highest BCUT2D eigenvalue weighted by molar-refractivity contribution is 14.0. The number of hydrogen-bond donors (Lipinski definition) is 3. The Kier molecular flexibility index (Phi) is 10.9. The lowest BCUT2D eigenvalue weighted by molar-refractivity contribution is 0.336. The zero-order valence-corrected chi connectivity index (χ0v) is 22.8. The Bertz CT molecular complexity index is 1020. The summed E-state index contributed by atoms with van der Waals surface area (Å²) in [6, 6.07) is 13.0. The van der Waals surface area contributed by atoms with Crippen molar-refractivity contribution in [2.24, 2.45) is 4.99 Å². The van der Waals surface area contributed by atoms with Crippen molar-refractivity contribution in [3.05, 3.63) is 59.2 Å². The molecule has 0 radical (unpaired) electrons. The van der Waals surface area contributed by atoms with E-state index >= 15 is 0 Å². The largest absolute Gasteiger partial charge is 0.494 e. The lowest BCUT2D eigenvalue weighted by Gasteiger charge is -2.22. The Morgan fingerprint density at radius 2 is 1.66 bits per heavy atom. The molecule has 0 aromatic heterocycles. The Labute approximate surface area is 209 Å². The fraction of sp³-hybridized carbons (Fsp3) is 0.435. The zero-order chi connectivity index (χ0) is 23.1. The molecule has 0 aliphatic rings. The highest BCUT2D eigenvalue weighted by atomic mass is 127. The number of hydrogen-bond acceptors (Lipinski definition) is 4. The van der Waals surface area contributed by atoms with Crippen LogP contribution in [0.3, 0.4) is 0 Å². The maximum atomic E-state index is 12.8. The number of rotatable bonds is 8. The van der Waals surface area contributed by atoms with E-state index in [4.69, 9.17) is 4.74 Å². The summed E-state index contributed by atoms with van der Waals surface area (Å²) in [6.45, 7) is 10.9. The van der Waals surface area contributed by atoms with Crippen LogP contribution in [-0.2, 0) is 23.1 Å². The van der Waals surface area contributed by atoms with Gasteiger partial charge in [-0.15, -0.1) is 24.0 Å². The lowest BCUT2D eigenvalue weighted by Crippen LogP contribution is -2.41. The van der Waals surface area contributed by atoms with Crippen LogP contribution < -0.4 is 20.1 Å². The third-order valence-corrected chi connectivity index (χ3v) is 6.20. The number of sulfonamides is 1. The molecule has 7 nitrogen and oxygen atoms in total. The van der Waals surface area contributed by atoms with E-state index in [-0.39, 0.29) is 28.9 Å². The molecule has 0 fully saturated rings. The molecule has 0 atom stereocenters. The molecule has 2 rings (SSSR count). The summed E-state index contributed by atoms with van der Waals surface area (Å²) < 4.78 is 34.1. The maximum absolute atomic E-state index is 12.8. The molecular formula is C23H35IN4O3S. The van der Waals surface area contributed by atoms with Gasteiger partial charge in [-0.3, -0.25) is 4.99 Å². The predicted octanol–water partition coefficient (Wildman–Crippen LogP) is 3.95. The van der Waals surface area contributed by atoms with Gasteiger partial charge in [0.05, 0.1) is 11.5 Å². The van der Waals surface area contributed by atoms with E-state index in [1.54, 1.807) is 25.2 Å². The first-order chi connectivity index (χ1) is 14.6. The van der Waals surface area contributed by atoms with Gasteiger partial charge in [0.1, 0.15) is 5.75 Å². The van der Waals surface area contributed by atoms with E-state index in [9.17, 15) is 8.42 Å². The SMILES string of the molecule is CCOc1cc(C)ccc1CNC(=NC)NCc1ccccc1S(=O)(=O)NC(C)(C)C.I. The fourth-order valence-corrected chi connectivity index (χ4v) is 4.71. The molecule has 3 N–H and O–H groups in total. The van der Waals surface area contributed by atoms with Crippen molar-refractivity contribution in [3.8, 4) is 5.75 Å². The average Bonchev–Trinajstić information content (AvgIpc) is 2.68. The van der Waals surface area contributed by atoms with Crippen LogP contribution in [0.15, 0.2) is 52.4 Å². The summed E-state index contributed by atoms with van der Waals surface area (Å²) >= 11 is 0. The molecule has 0 spiro atoms. The molecule has 32 heavy (non-hydrogen) atoms. The van der Waals surface area contributed by atoms with Gasteiger partial charge in [0, 0.05) is 31.2 Å². The van der Waals surface area contributed by atoms with Crippen LogP contribution in [0.4, 0.5) is 0 Å². The third kappa shape index (κ3) is 8.59. The normalized spacial score (nSPS) is 12.1. The van der Waals surface area contributed by atoms with Gasteiger partial charge in [-0.2, -0.15) is 0 Å². The van der Waals surface area contributed by atoms with Gasteiger partial charge in [-0.1, -0.05) is 30.3 Å². The van der Waals surface area contributed by atoms with Gasteiger partial charge in [0.2, 0.25) is 10.0 Å². The molecular weight excluding hydrogens is 539 g/mol. The van der Waals surface area contributed by atoms with Crippen LogP contribution in [0.5, 0.6) is 5.75 Å². The maximum Gasteiger partial charge on any atom is 0.241 e. The van der Waals surface area contributed by atoms with Gasteiger partial charge in [-0.05, 0) is 57.9 Å². The molecule has 0 saturated heterocycles. The Balaban J connectivity index is 0.00000512. The number of ether oxygens (including phenoxy) is 1. The number of nitrogens with one attached hydrogen (secondary N) is 3.